The van der Waals surface area contributed by atoms with Crippen molar-refractivity contribution in [2.24, 2.45) is 0 Å². The van der Waals surface area contributed by atoms with E-state index in [2.05, 4.69) is 0 Å². The van der Waals surface area contributed by atoms with Gasteiger partial charge in [0.2, 0.25) is 0 Å². The molecule has 0 N–H and O–H groups in total. The highest BCUT2D eigenvalue weighted by atomic mass is 16.5. The monoisotopic (exact) mass is 130 g/mol. The van der Waals surface area contributed by atoms with Crippen LogP contribution in [0.15, 0.2) is 12.0 Å². The fourth-order valence-electron chi connectivity index (χ4n) is 0.462. The van der Waals surface area contributed by atoms with Crippen LogP contribution in [-0.2, 0) is 9.47 Å². The van der Waals surface area contributed by atoms with Gasteiger partial charge in [-0.25, -0.2) is 0 Å². The molecule has 0 atom stereocenters. The predicted octanol–water partition coefficient (Wildman–Crippen LogP) is 1.92. The normalized spacial score (nSPS) is 11.2. The van der Waals surface area contributed by atoms with Crippen molar-refractivity contribution in [1.82, 2.24) is 0 Å². The van der Waals surface area contributed by atoms with Crippen molar-refractivity contribution in [2.45, 2.75) is 20.8 Å². The Hall–Kier alpha value is -0.660. The predicted molar refractivity (Wildman–Crippen MR) is 37.0 cm³/mol. The van der Waals surface area contributed by atoms with E-state index >= 15 is 0 Å². The number of ether oxygens (including phenoxy) is 2. The lowest BCUT2D eigenvalue weighted by Gasteiger charge is -2.01. The van der Waals surface area contributed by atoms with Gasteiger partial charge < -0.3 is 9.47 Å². The smallest absolute Gasteiger partial charge is 0.127 e. The van der Waals surface area contributed by atoms with Crippen molar-refractivity contribution in [3.8, 4) is 0 Å². The molecule has 0 aromatic heterocycles. The van der Waals surface area contributed by atoms with Crippen LogP contribution < -0.4 is 0 Å². The summed E-state index contributed by atoms with van der Waals surface area (Å²) in [6.07, 6.45) is 1.63. The van der Waals surface area contributed by atoms with Crippen molar-refractivity contribution in [3.63, 3.8) is 0 Å². The van der Waals surface area contributed by atoms with Gasteiger partial charge in [-0.05, 0) is 20.8 Å². The van der Waals surface area contributed by atoms with E-state index in [0.717, 1.165) is 5.76 Å². The highest BCUT2D eigenvalue weighted by Gasteiger charge is 1.83. The minimum Gasteiger partial charge on any atom is -0.498 e. The maximum absolute atomic E-state index is 5.08. The average Bonchev–Trinajstić information content (AvgIpc) is 1.85. The third-order valence-corrected chi connectivity index (χ3v) is 0.788. The number of hydrogen-bond donors (Lipinski definition) is 0. The van der Waals surface area contributed by atoms with Crippen molar-refractivity contribution in [1.29, 1.82) is 0 Å². The molecule has 0 radical (unpaired) electrons. The maximum Gasteiger partial charge on any atom is 0.127 e. The van der Waals surface area contributed by atoms with E-state index in [1.165, 1.54) is 0 Å². The Morgan fingerprint density at radius 1 is 1.33 bits per heavy atom. The standard InChI is InChI=1S/C7H14O2/c1-4-8-6-7(3)9-5-2/h6H,4-5H2,1-3H3/b7-6-. The van der Waals surface area contributed by atoms with Crippen LogP contribution in [0.2, 0.25) is 0 Å². The first-order chi connectivity index (χ1) is 4.31. The highest BCUT2D eigenvalue weighted by molar-refractivity contribution is 4.80. The molecule has 2 heteroatoms. The van der Waals surface area contributed by atoms with E-state index in [-0.39, 0.29) is 0 Å². The molecule has 0 fully saturated rings. The molecule has 0 amide bonds. The fourth-order valence-corrected chi connectivity index (χ4v) is 0.462. The van der Waals surface area contributed by atoms with E-state index < -0.39 is 0 Å². The third kappa shape index (κ3) is 5.21. The summed E-state index contributed by atoms with van der Waals surface area (Å²) in [6, 6.07) is 0. The summed E-state index contributed by atoms with van der Waals surface area (Å²) in [5.41, 5.74) is 0. The van der Waals surface area contributed by atoms with E-state index in [0.29, 0.717) is 13.2 Å². The fraction of sp³-hybridized carbons (Fsp3) is 0.714. The molecular weight excluding hydrogens is 116 g/mol. The van der Waals surface area contributed by atoms with Crippen LogP contribution in [0.3, 0.4) is 0 Å². The van der Waals surface area contributed by atoms with Gasteiger partial charge in [0.1, 0.15) is 12.0 Å². The van der Waals surface area contributed by atoms with Crippen molar-refractivity contribution >= 4 is 0 Å². The molecule has 0 unspecified atom stereocenters. The Morgan fingerprint density at radius 2 is 2.00 bits per heavy atom. The third-order valence-electron chi connectivity index (χ3n) is 0.788. The number of allylic oxidation sites excluding steroid dienone is 1. The highest BCUT2D eigenvalue weighted by Crippen LogP contribution is 1.93. The van der Waals surface area contributed by atoms with Gasteiger partial charge in [0.05, 0.1) is 13.2 Å². The van der Waals surface area contributed by atoms with Gasteiger partial charge in [0.25, 0.3) is 0 Å². The molecule has 0 aliphatic carbocycles. The average molecular weight is 130 g/mol. The van der Waals surface area contributed by atoms with Crippen LogP contribution in [-0.4, -0.2) is 13.2 Å². The molecule has 2 nitrogen and oxygen atoms in total. The van der Waals surface area contributed by atoms with Crippen LogP contribution in [0.25, 0.3) is 0 Å². The summed E-state index contributed by atoms with van der Waals surface area (Å²) < 4.78 is 10.0. The Kier molecular flexibility index (Phi) is 5.07. The van der Waals surface area contributed by atoms with Crippen LogP contribution in [0.4, 0.5) is 0 Å². The molecule has 0 saturated carbocycles. The molecule has 0 spiro atoms. The Balaban J connectivity index is 3.30. The van der Waals surface area contributed by atoms with E-state index in [4.69, 9.17) is 9.47 Å². The molecule has 0 aliphatic heterocycles. The SMILES string of the molecule is CCO/C=C(/C)OCC. The molecule has 0 aromatic carbocycles. The van der Waals surface area contributed by atoms with E-state index in [9.17, 15) is 0 Å². The largest absolute Gasteiger partial charge is 0.498 e. The molecule has 9 heavy (non-hydrogen) atoms. The van der Waals surface area contributed by atoms with Crippen LogP contribution in [0.1, 0.15) is 20.8 Å². The summed E-state index contributed by atoms with van der Waals surface area (Å²) in [6.45, 7) is 7.16. The van der Waals surface area contributed by atoms with Crippen molar-refractivity contribution in [3.05, 3.63) is 12.0 Å². The van der Waals surface area contributed by atoms with Gasteiger partial charge >= 0.3 is 0 Å². The maximum atomic E-state index is 5.08. The van der Waals surface area contributed by atoms with Crippen LogP contribution >= 0.6 is 0 Å². The molecule has 0 aliphatic rings. The van der Waals surface area contributed by atoms with Gasteiger partial charge in [0, 0.05) is 0 Å². The van der Waals surface area contributed by atoms with Crippen LogP contribution in [0, 0.1) is 0 Å². The summed E-state index contributed by atoms with van der Waals surface area (Å²) in [4.78, 5) is 0. The van der Waals surface area contributed by atoms with E-state index in [1.54, 1.807) is 6.26 Å². The van der Waals surface area contributed by atoms with Crippen molar-refractivity contribution in [2.75, 3.05) is 13.2 Å². The zero-order valence-corrected chi connectivity index (χ0v) is 6.31. The van der Waals surface area contributed by atoms with Gasteiger partial charge in [-0.3, -0.25) is 0 Å². The van der Waals surface area contributed by atoms with Gasteiger partial charge in [0.15, 0.2) is 0 Å². The molecule has 0 aromatic rings. The minimum atomic E-state index is 0.699. The molecule has 0 heterocycles. The molecular formula is C7H14O2. The molecule has 0 bridgehead atoms. The molecule has 0 saturated heterocycles. The summed E-state index contributed by atoms with van der Waals surface area (Å²) in [7, 11) is 0. The lowest BCUT2D eigenvalue weighted by Crippen LogP contribution is -1.88. The zero-order valence-electron chi connectivity index (χ0n) is 6.31. The van der Waals surface area contributed by atoms with Crippen molar-refractivity contribution < 1.29 is 9.47 Å². The van der Waals surface area contributed by atoms with Gasteiger partial charge in [-0.1, -0.05) is 0 Å². The number of hydrogen-bond acceptors (Lipinski definition) is 2. The van der Waals surface area contributed by atoms with Gasteiger partial charge in [-0.2, -0.15) is 0 Å². The summed E-state index contributed by atoms with van der Waals surface area (Å²) in [5, 5.41) is 0. The van der Waals surface area contributed by atoms with Gasteiger partial charge in [-0.15, -0.1) is 0 Å². The number of rotatable bonds is 4. The summed E-state index contributed by atoms with van der Waals surface area (Å²) in [5.74, 6) is 0.833. The Labute approximate surface area is 56.5 Å². The first kappa shape index (κ1) is 8.34. The Bertz CT molecular complexity index is 86.9. The summed E-state index contributed by atoms with van der Waals surface area (Å²) >= 11 is 0. The first-order valence-corrected chi connectivity index (χ1v) is 3.22. The second-order valence-corrected chi connectivity index (χ2v) is 1.62. The molecule has 54 valence electrons. The zero-order chi connectivity index (χ0) is 7.11. The molecule has 0 rings (SSSR count). The minimum absolute atomic E-state index is 0.699. The second-order valence-electron chi connectivity index (χ2n) is 1.62. The lowest BCUT2D eigenvalue weighted by molar-refractivity contribution is 0.193. The first-order valence-electron chi connectivity index (χ1n) is 3.22. The lowest BCUT2D eigenvalue weighted by atomic mass is 10.6. The quantitative estimate of drug-likeness (QED) is 0.541. The van der Waals surface area contributed by atoms with E-state index in [1.807, 2.05) is 20.8 Å². The second kappa shape index (κ2) is 5.48. The topological polar surface area (TPSA) is 18.5 Å². The van der Waals surface area contributed by atoms with Crippen LogP contribution in [0.5, 0.6) is 0 Å². The Morgan fingerprint density at radius 3 is 2.44 bits per heavy atom.